The normalized spacial score (nSPS) is 11.1. The smallest absolute Gasteiger partial charge is 0.269 e. The molecule has 3 aromatic rings. The van der Waals surface area contributed by atoms with Gasteiger partial charge in [-0.15, -0.1) is 0 Å². The highest BCUT2D eigenvalue weighted by atomic mass is 16.6. The Hall–Kier alpha value is -3.06. The van der Waals surface area contributed by atoms with Crippen molar-refractivity contribution >= 4 is 16.6 Å². The first-order valence-corrected chi connectivity index (χ1v) is 8.00. The predicted octanol–water partition coefficient (Wildman–Crippen LogP) is 2.85. The summed E-state index contributed by atoms with van der Waals surface area (Å²) >= 11 is 0. The molecule has 0 atom stereocenters. The molecule has 3 rings (SSSR count). The van der Waals surface area contributed by atoms with Crippen LogP contribution in [0.4, 0.5) is 5.69 Å². The molecule has 0 amide bonds. The van der Waals surface area contributed by atoms with E-state index < -0.39 is 4.92 Å². The number of non-ortho nitro benzene ring substituents is 1. The number of H-pyrrole nitrogens is 1. The van der Waals surface area contributed by atoms with E-state index in [-0.39, 0.29) is 11.2 Å². The maximum Gasteiger partial charge on any atom is 0.269 e. The van der Waals surface area contributed by atoms with Crippen LogP contribution < -0.4 is 5.56 Å². The summed E-state index contributed by atoms with van der Waals surface area (Å²) in [5.41, 5.74) is 1.57. The minimum Gasteiger partial charge on any atom is -0.309 e. The summed E-state index contributed by atoms with van der Waals surface area (Å²) in [4.78, 5) is 31.9. The summed E-state index contributed by atoms with van der Waals surface area (Å²) in [5, 5.41) is 11.3. The van der Waals surface area contributed by atoms with E-state index in [1.54, 1.807) is 18.2 Å². The maximum atomic E-state index is 12.2. The molecule has 0 saturated heterocycles. The Morgan fingerprint density at radius 2 is 1.84 bits per heavy atom. The van der Waals surface area contributed by atoms with Crippen molar-refractivity contribution < 1.29 is 4.92 Å². The summed E-state index contributed by atoms with van der Waals surface area (Å²) in [6, 6.07) is 13.7. The van der Waals surface area contributed by atoms with Crippen LogP contribution in [-0.2, 0) is 13.1 Å². The Labute approximate surface area is 144 Å². The number of para-hydroxylation sites is 1. The molecule has 128 valence electrons. The largest absolute Gasteiger partial charge is 0.309 e. The molecule has 0 radical (unpaired) electrons. The summed E-state index contributed by atoms with van der Waals surface area (Å²) in [6.07, 6.45) is 0. The Morgan fingerprint density at radius 1 is 1.12 bits per heavy atom. The van der Waals surface area contributed by atoms with Gasteiger partial charge in [-0.2, -0.15) is 0 Å². The monoisotopic (exact) mass is 338 g/mol. The minimum absolute atomic E-state index is 0.0762. The fourth-order valence-electron chi connectivity index (χ4n) is 2.68. The summed E-state index contributed by atoms with van der Waals surface area (Å²) in [7, 11) is 0. The summed E-state index contributed by atoms with van der Waals surface area (Å²) in [5.74, 6) is 0.604. The lowest BCUT2D eigenvalue weighted by Gasteiger charge is -2.20. The average molecular weight is 338 g/mol. The molecule has 2 aromatic carbocycles. The van der Waals surface area contributed by atoms with Crippen molar-refractivity contribution in [2.45, 2.75) is 20.0 Å². The van der Waals surface area contributed by atoms with Crippen molar-refractivity contribution in [1.29, 1.82) is 0 Å². The molecule has 0 aliphatic carbocycles. The predicted molar refractivity (Wildman–Crippen MR) is 95.2 cm³/mol. The number of nitrogens with zero attached hydrogens (tertiary/aromatic N) is 3. The van der Waals surface area contributed by atoms with Gasteiger partial charge in [-0.3, -0.25) is 19.8 Å². The zero-order chi connectivity index (χ0) is 17.8. The number of nitro benzene ring substituents is 1. The number of nitrogens with one attached hydrogen (secondary N) is 1. The lowest BCUT2D eigenvalue weighted by Crippen LogP contribution is -2.25. The molecule has 7 nitrogen and oxygen atoms in total. The number of aromatic nitrogens is 2. The molecule has 0 aliphatic heterocycles. The van der Waals surface area contributed by atoms with Crippen LogP contribution >= 0.6 is 0 Å². The van der Waals surface area contributed by atoms with E-state index in [2.05, 4.69) is 14.9 Å². The van der Waals surface area contributed by atoms with Crippen LogP contribution in [0, 0.1) is 10.1 Å². The van der Waals surface area contributed by atoms with Crippen molar-refractivity contribution in [1.82, 2.24) is 14.9 Å². The number of hydrogen-bond donors (Lipinski definition) is 1. The Balaban J connectivity index is 1.78. The first kappa shape index (κ1) is 16.8. The van der Waals surface area contributed by atoms with Crippen LogP contribution in [0.5, 0.6) is 0 Å². The van der Waals surface area contributed by atoms with E-state index in [9.17, 15) is 14.9 Å². The number of fused-ring (bicyclic) bond motifs is 1. The Kier molecular flexibility index (Phi) is 4.85. The van der Waals surface area contributed by atoms with Gasteiger partial charge < -0.3 is 4.98 Å². The fraction of sp³-hybridized carbons (Fsp3) is 0.222. The van der Waals surface area contributed by atoms with Crippen LogP contribution in [0.25, 0.3) is 10.9 Å². The fourth-order valence-corrected chi connectivity index (χ4v) is 2.68. The maximum absolute atomic E-state index is 12.2. The molecular formula is C18H18N4O3. The molecule has 0 saturated carbocycles. The van der Waals surface area contributed by atoms with Crippen LogP contribution in [0.15, 0.2) is 53.3 Å². The number of rotatable bonds is 6. The highest BCUT2D eigenvalue weighted by Crippen LogP contribution is 2.14. The molecule has 1 heterocycles. The van der Waals surface area contributed by atoms with E-state index in [1.165, 1.54) is 12.1 Å². The molecule has 0 unspecified atom stereocenters. The number of aromatic amines is 1. The quantitative estimate of drug-likeness (QED) is 0.551. The Morgan fingerprint density at radius 3 is 2.52 bits per heavy atom. The zero-order valence-electron chi connectivity index (χ0n) is 13.8. The minimum atomic E-state index is -0.412. The zero-order valence-corrected chi connectivity index (χ0v) is 13.8. The third kappa shape index (κ3) is 3.89. The third-order valence-electron chi connectivity index (χ3n) is 4.04. The topological polar surface area (TPSA) is 92.1 Å². The van der Waals surface area contributed by atoms with Crippen molar-refractivity contribution in [3.63, 3.8) is 0 Å². The second kappa shape index (κ2) is 7.23. The molecule has 1 N–H and O–H groups in total. The molecule has 0 fully saturated rings. The van der Waals surface area contributed by atoms with Gasteiger partial charge in [-0.1, -0.05) is 31.2 Å². The van der Waals surface area contributed by atoms with Crippen molar-refractivity contribution in [3.8, 4) is 0 Å². The van der Waals surface area contributed by atoms with Gasteiger partial charge >= 0.3 is 0 Å². The lowest BCUT2D eigenvalue weighted by atomic mass is 10.2. The molecule has 25 heavy (non-hydrogen) atoms. The number of nitro groups is 1. The van der Waals surface area contributed by atoms with Gasteiger partial charge in [0.2, 0.25) is 0 Å². The van der Waals surface area contributed by atoms with Gasteiger partial charge in [0, 0.05) is 18.7 Å². The van der Waals surface area contributed by atoms with E-state index in [4.69, 9.17) is 0 Å². The van der Waals surface area contributed by atoms with E-state index in [0.29, 0.717) is 29.8 Å². The number of benzene rings is 2. The highest BCUT2D eigenvalue weighted by molar-refractivity contribution is 5.77. The first-order chi connectivity index (χ1) is 12.1. The van der Waals surface area contributed by atoms with Crippen molar-refractivity contribution in [2.75, 3.05) is 6.54 Å². The second-order valence-corrected chi connectivity index (χ2v) is 5.76. The molecule has 0 aliphatic rings. The van der Waals surface area contributed by atoms with Gasteiger partial charge in [-0.05, 0) is 24.2 Å². The SMILES string of the molecule is CCN(Cc1ccc([N+](=O)[O-])cc1)Cc1nc2ccccc2c(=O)[nH]1. The highest BCUT2D eigenvalue weighted by Gasteiger charge is 2.10. The van der Waals surface area contributed by atoms with Gasteiger partial charge in [0.25, 0.3) is 11.2 Å². The molecule has 0 spiro atoms. The molecule has 1 aromatic heterocycles. The van der Waals surface area contributed by atoms with Crippen LogP contribution in [0.1, 0.15) is 18.3 Å². The Bertz CT molecular complexity index is 950. The molecule has 0 bridgehead atoms. The lowest BCUT2D eigenvalue weighted by molar-refractivity contribution is -0.384. The standard InChI is InChI=1S/C18H18N4O3/c1-2-21(11-13-7-9-14(10-8-13)22(24)25)12-17-19-16-6-4-3-5-15(16)18(23)20-17/h3-10H,2,11-12H2,1H3,(H,19,20,23). The van der Waals surface area contributed by atoms with Crippen LogP contribution in [0.3, 0.4) is 0 Å². The molecular weight excluding hydrogens is 320 g/mol. The van der Waals surface area contributed by atoms with Gasteiger partial charge in [0.1, 0.15) is 5.82 Å². The van der Waals surface area contributed by atoms with Crippen molar-refractivity contribution in [3.05, 3.63) is 80.4 Å². The van der Waals surface area contributed by atoms with Crippen molar-refractivity contribution in [2.24, 2.45) is 0 Å². The second-order valence-electron chi connectivity index (χ2n) is 5.76. The summed E-state index contributed by atoms with van der Waals surface area (Å²) < 4.78 is 0. The third-order valence-corrected chi connectivity index (χ3v) is 4.04. The van der Waals surface area contributed by atoms with Crippen LogP contribution in [-0.4, -0.2) is 26.3 Å². The van der Waals surface area contributed by atoms with E-state index in [1.807, 2.05) is 25.1 Å². The van der Waals surface area contributed by atoms with E-state index in [0.717, 1.165) is 12.1 Å². The van der Waals surface area contributed by atoms with Gasteiger partial charge in [0.05, 0.1) is 22.4 Å². The van der Waals surface area contributed by atoms with Gasteiger partial charge in [0.15, 0.2) is 0 Å². The van der Waals surface area contributed by atoms with E-state index >= 15 is 0 Å². The van der Waals surface area contributed by atoms with Gasteiger partial charge in [-0.25, -0.2) is 4.98 Å². The van der Waals surface area contributed by atoms with Crippen LogP contribution in [0.2, 0.25) is 0 Å². The average Bonchev–Trinajstić information content (AvgIpc) is 2.61. The molecule has 7 heteroatoms. The first-order valence-electron chi connectivity index (χ1n) is 8.00. The summed E-state index contributed by atoms with van der Waals surface area (Å²) in [6.45, 7) is 3.89. The number of hydrogen-bond acceptors (Lipinski definition) is 5.